The number of nitrogens with one attached hydrogen (secondary N) is 1. The first kappa shape index (κ1) is 24.7. The van der Waals surface area contributed by atoms with Gasteiger partial charge in [-0.05, 0) is 37.6 Å². The summed E-state index contributed by atoms with van der Waals surface area (Å²) in [6.45, 7) is 4.92. The lowest BCUT2D eigenvalue weighted by Crippen LogP contribution is -2.01. The number of unbranched alkanes of at least 4 members (excludes halogenated alkanes) is 15. The number of rotatable bonds is 19. The molecule has 0 amide bonds. The molecule has 28 heavy (non-hydrogen) atoms. The van der Waals surface area contributed by atoms with E-state index >= 15 is 0 Å². The molecule has 0 aliphatic rings. The maximum Gasteiger partial charge on any atom is 0.159 e. The summed E-state index contributed by atoms with van der Waals surface area (Å²) in [5.74, 6) is 0.129. The van der Waals surface area contributed by atoms with Gasteiger partial charge in [0, 0.05) is 17.8 Å². The van der Waals surface area contributed by atoms with Crippen molar-refractivity contribution in [2.45, 2.75) is 117 Å². The van der Waals surface area contributed by atoms with E-state index in [-0.39, 0.29) is 5.78 Å². The van der Waals surface area contributed by atoms with Crippen LogP contribution in [0.3, 0.4) is 0 Å². The summed E-state index contributed by atoms with van der Waals surface area (Å²) in [5.41, 5.74) is 1.90. The first-order chi connectivity index (χ1) is 13.7. The summed E-state index contributed by atoms with van der Waals surface area (Å²) >= 11 is 0. The Morgan fingerprint density at radius 3 is 1.43 bits per heavy atom. The van der Waals surface area contributed by atoms with Gasteiger partial charge in [-0.3, -0.25) is 4.79 Å². The highest BCUT2D eigenvalue weighted by Crippen LogP contribution is 2.14. The summed E-state index contributed by atoms with van der Waals surface area (Å²) in [5, 5.41) is 3.45. The van der Waals surface area contributed by atoms with Crippen LogP contribution in [0.5, 0.6) is 0 Å². The molecule has 0 bridgehead atoms. The van der Waals surface area contributed by atoms with Gasteiger partial charge < -0.3 is 5.32 Å². The van der Waals surface area contributed by atoms with E-state index < -0.39 is 0 Å². The van der Waals surface area contributed by atoms with Crippen LogP contribution < -0.4 is 5.32 Å². The van der Waals surface area contributed by atoms with E-state index in [0.29, 0.717) is 0 Å². The summed E-state index contributed by atoms with van der Waals surface area (Å²) in [7, 11) is 0. The largest absolute Gasteiger partial charge is 0.385 e. The number of Topliss-reactive ketones (excluding diaryl/α,β-unsaturated/α-hetero) is 1. The van der Waals surface area contributed by atoms with E-state index in [9.17, 15) is 4.79 Å². The second kappa shape index (κ2) is 17.8. The van der Waals surface area contributed by atoms with Crippen molar-refractivity contribution in [2.24, 2.45) is 0 Å². The maximum absolute atomic E-state index is 11.3. The predicted molar refractivity (Wildman–Crippen MR) is 124 cm³/mol. The SMILES string of the molecule is CCCCCCCCCCCCCCCCCCNc1ccc(C(C)=O)cc1. The average Bonchev–Trinajstić information content (AvgIpc) is 2.70. The van der Waals surface area contributed by atoms with Crippen molar-refractivity contribution in [1.29, 1.82) is 0 Å². The van der Waals surface area contributed by atoms with Gasteiger partial charge in [0.15, 0.2) is 5.78 Å². The second-order valence-corrected chi connectivity index (χ2v) is 8.36. The van der Waals surface area contributed by atoms with Crippen molar-refractivity contribution in [3.63, 3.8) is 0 Å². The molecule has 0 aliphatic heterocycles. The fraction of sp³-hybridized carbons (Fsp3) is 0.731. The molecule has 1 aromatic carbocycles. The average molecular weight is 388 g/mol. The van der Waals surface area contributed by atoms with E-state index in [2.05, 4.69) is 12.2 Å². The Morgan fingerprint density at radius 2 is 1.04 bits per heavy atom. The lowest BCUT2D eigenvalue weighted by molar-refractivity contribution is 0.101. The molecule has 2 heteroatoms. The highest BCUT2D eigenvalue weighted by atomic mass is 16.1. The van der Waals surface area contributed by atoms with Crippen LogP contribution in [0.25, 0.3) is 0 Å². The van der Waals surface area contributed by atoms with E-state index in [0.717, 1.165) is 17.8 Å². The molecule has 1 aromatic rings. The smallest absolute Gasteiger partial charge is 0.159 e. The van der Waals surface area contributed by atoms with Crippen LogP contribution in [0.1, 0.15) is 127 Å². The fourth-order valence-electron chi connectivity index (χ4n) is 3.73. The van der Waals surface area contributed by atoms with Crippen LogP contribution in [-0.2, 0) is 0 Å². The minimum Gasteiger partial charge on any atom is -0.385 e. The van der Waals surface area contributed by atoms with Gasteiger partial charge in [0.1, 0.15) is 0 Å². The minimum atomic E-state index is 0.129. The van der Waals surface area contributed by atoms with Gasteiger partial charge in [-0.15, -0.1) is 0 Å². The van der Waals surface area contributed by atoms with Gasteiger partial charge in [0.05, 0.1) is 0 Å². The molecule has 1 N–H and O–H groups in total. The highest BCUT2D eigenvalue weighted by molar-refractivity contribution is 5.94. The van der Waals surface area contributed by atoms with Crippen molar-refractivity contribution in [2.75, 3.05) is 11.9 Å². The van der Waals surface area contributed by atoms with E-state index in [4.69, 9.17) is 0 Å². The van der Waals surface area contributed by atoms with Gasteiger partial charge in [0.2, 0.25) is 0 Å². The topological polar surface area (TPSA) is 29.1 Å². The number of hydrogen-bond donors (Lipinski definition) is 1. The summed E-state index contributed by atoms with van der Waals surface area (Å²) < 4.78 is 0. The van der Waals surface area contributed by atoms with Gasteiger partial charge in [-0.1, -0.05) is 103 Å². The Balaban J connectivity index is 1.79. The summed E-state index contributed by atoms with van der Waals surface area (Å²) in [6.07, 6.45) is 22.5. The molecule has 0 saturated heterocycles. The van der Waals surface area contributed by atoms with Gasteiger partial charge in [0.25, 0.3) is 0 Å². The zero-order valence-electron chi connectivity index (χ0n) is 18.7. The monoisotopic (exact) mass is 387 g/mol. The highest BCUT2D eigenvalue weighted by Gasteiger charge is 1.99. The fourth-order valence-corrected chi connectivity index (χ4v) is 3.73. The van der Waals surface area contributed by atoms with Gasteiger partial charge in [-0.2, -0.15) is 0 Å². The van der Waals surface area contributed by atoms with Gasteiger partial charge in [-0.25, -0.2) is 0 Å². The first-order valence-electron chi connectivity index (χ1n) is 12.1. The van der Waals surface area contributed by atoms with Crippen LogP contribution in [-0.4, -0.2) is 12.3 Å². The van der Waals surface area contributed by atoms with Crippen LogP contribution in [0, 0.1) is 0 Å². The number of carbonyl (C=O) groups is 1. The molecule has 0 fully saturated rings. The molecule has 0 heterocycles. The molecular weight excluding hydrogens is 342 g/mol. The van der Waals surface area contributed by atoms with Crippen LogP contribution >= 0.6 is 0 Å². The van der Waals surface area contributed by atoms with Crippen LogP contribution in [0.15, 0.2) is 24.3 Å². The lowest BCUT2D eigenvalue weighted by atomic mass is 10.0. The quantitative estimate of drug-likeness (QED) is 0.190. The third-order valence-corrected chi connectivity index (χ3v) is 5.65. The molecule has 0 atom stereocenters. The third-order valence-electron chi connectivity index (χ3n) is 5.65. The molecule has 0 aromatic heterocycles. The Bertz CT molecular complexity index is 480. The molecule has 2 nitrogen and oxygen atoms in total. The normalized spacial score (nSPS) is 10.9. The maximum atomic E-state index is 11.3. The first-order valence-corrected chi connectivity index (χ1v) is 12.1. The summed E-state index contributed by atoms with van der Waals surface area (Å²) in [6, 6.07) is 7.81. The zero-order valence-corrected chi connectivity index (χ0v) is 18.7. The number of ketones is 1. The molecule has 1 rings (SSSR count). The van der Waals surface area contributed by atoms with E-state index in [1.807, 2.05) is 24.3 Å². The number of hydrogen-bond acceptors (Lipinski definition) is 2. The van der Waals surface area contributed by atoms with Crippen molar-refractivity contribution < 1.29 is 4.79 Å². The van der Waals surface area contributed by atoms with Crippen molar-refractivity contribution in [3.05, 3.63) is 29.8 Å². The molecule has 0 aliphatic carbocycles. The minimum absolute atomic E-state index is 0.129. The second-order valence-electron chi connectivity index (χ2n) is 8.36. The Morgan fingerprint density at radius 1 is 0.643 bits per heavy atom. The molecule has 0 spiro atoms. The van der Waals surface area contributed by atoms with Crippen LogP contribution in [0.4, 0.5) is 5.69 Å². The molecule has 160 valence electrons. The van der Waals surface area contributed by atoms with Crippen molar-refractivity contribution in [1.82, 2.24) is 0 Å². The number of benzene rings is 1. The zero-order chi connectivity index (χ0) is 20.3. The number of carbonyl (C=O) groups excluding carboxylic acids is 1. The number of anilines is 1. The van der Waals surface area contributed by atoms with Crippen molar-refractivity contribution in [3.8, 4) is 0 Å². The summed E-state index contributed by atoms with van der Waals surface area (Å²) in [4.78, 5) is 11.3. The van der Waals surface area contributed by atoms with E-state index in [1.54, 1.807) is 6.92 Å². The third kappa shape index (κ3) is 13.8. The molecular formula is C26H45NO. The molecule has 0 unspecified atom stereocenters. The lowest BCUT2D eigenvalue weighted by Gasteiger charge is -2.07. The van der Waals surface area contributed by atoms with E-state index in [1.165, 1.54) is 103 Å². The van der Waals surface area contributed by atoms with Crippen LogP contribution in [0.2, 0.25) is 0 Å². The van der Waals surface area contributed by atoms with Gasteiger partial charge >= 0.3 is 0 Å². The Kier molecular flexibility index (Phi) is 15.7. The molecule has 0 radical (unpaired) electrons. The standard InChI is InChI=1S/C26H45NO/c1-3-4-5-6-7-8-9-10-11-12-13-14-15-16-17-18-23-27-26-21-19-25(20-22-26)24(2)28/h19-22,27H,3-18,23H2,1-2H3. The Labute approximate surface area is 174 Å². The van der Waals surface area contributed by atoms with Crippen molar-refractivity contribution >= 4 is 11.5 Å². The molecule has 0 saturated carbocycles. The predicted octanol–water partition coefficient (Wildman–Crippen LogP) is 8.56. The Hall–Kier alpha value is -1.31.